The summed E-state index contributed by atoms with van der Waals surface area (Å²) in [5.74, 6) is 0.397. The first-order valence-electron chi connectivity index (χ1n) is 13.4. The highest BCUT2D eigenvalue weighted by Gasteiger charge is 2.34. The Morgan fingerprint density at radius 2 is 1.79 bits per heavy atom. The van der Waals surface area contributed by atoms with E-state index in [1.807, 2.05) is 0 Å². The Hall–Kier alpha value is -2.46. The summed E-state index contributed by atoms with van der Waals surface area (Å²) >= 11 is 12.4. The Morgan fingerprint density at radius 3 is 2.45 bits per heavy atom. The van der Waals surface area contributed by atoms with E-state index in [9.17, 15) is 9.59 Å². The highest BCUT2D eigenvalue weighted by atomic mass is 35.5. The van der Waals surface area contributed by atoms with Crippen molar-refractivity contribution in [3.05, 3.63) is 45.7 Å². The van der Waals surface area contributed by atoms with Crippen molar-refractivity contribution < 1.29 is 9.59 Å². The summed E-state index contributed by atoms with van der Waals surface area (Å²) in [7, 11) is 1.52. The predicted octanol–water partition coefficient (Wildman–Crippen LogP) is 3.75. The van der Waals surface area contributed by atoms with E-state index in [-0.39, 0.29) is 22.4 Å². The number of piperidine rings is 1. The van der Waals surface area contributed by atoms with Gasteiger partial charge >= 0.3 is 0 Å². The molecule has 1 aromatic heterocycles. The van der Waals surface area contributed by atoms with E-state index in [1.54, 1.807) is 24.3 Å². The number of hydrogen-bond donors (Lipinski definition) is 2. The zero-order chi connectivity index (χ0) is 27.2. The summed E-state index contributed by atoms with van der Waals surface area (Å²) in [4.78, 5) is 40.3. The van der Waals surface area contributed by atoms with Crippen molar-refractivity contribution >= 4 is 46.5 Å². The van der Waals surface area contributed by atoms with Crippen molar-refractivity contribution in [3.63, 3.8) is 0 Å². The second-order valence-corrected chi connectivity index (χ2v) is 10.8. The fourth-order valence-electron chi connectivity index (χ4n) is 5.53. The molecular weight excluding hydrogens is 525 g/mol. The Kier molecular flexibility index (Phi) is 9.81. The van der Waals surface area contributed by atoms with Gasteiger partial charge in [0.15, 0.2) is 28.3 Å². The molecule has 1 aromatic carbocycles. The van der Waals surface area contributed by atoms with Gasteiger partial charge in [0.2, 0.25) is 0 Å². The lowest BCUT2D eigenvalue weighted by Crippen LogP contribution is -2.58. The SMILES string of the molecule is CC[C@H]1CN(c2nc(N)c(C(=O)NC)nc2Cl)CCN1C1CCN(CCCC(=O)c2ccc(Cl)cc2)CC1. The molecule has 2 aromatic rings. The second kappa shape index (κ2) is 13.1. The number of halogens is 2. The first kappa shape index (κ1) is 28.5. The normalized spacial score (nSPS) is 19.5. The monoisotopic (exact) mass is 561 g/mol. The summed E-state index contributed by atoms with van der Waals surface area (Å²) in [6.07, 6.45) is 4.68. The molecule has 9 nitrogen and oxygen atoms in total. The van der Waals surface area contributed by atoms with Gasteiger partial charge in [-0.15, -0.1) is 0 Å². The van der Waals surface area contributed by atoms with Crippen LogP contribution in [0, 0.1) is 0 Å². The van der Waals surface area contributed by atoms with Crippen LogP contribution < -0.4 is 16.0 Å². The number of aromatic nitrogens is 2. The molecular formula is C27H37Cl2N7O2. The van der Waals surface area contributed by atoms with Gasteiger partial charge in [-0.2, -0.15) is 0 Å². The quantitative estimate of drug-likeness (QED) is 0.445. The van der Waals surface area contributed by atoms with Gasteiger partial charge in [-0.05, 0) is 69.6 Å². The van der Waals surface area contributed by atoms with Crippen LogP contribution in [0.1, 0.15) is 59.9 Å². The average molecular weight is 563 g/mol. The van der Waals surface area contributed by atoms with Gasteiger partial charge in [0, 0.05) is 55.8 Å². The zero-order valence-electron chi connectivity index (χ0n) is 22.1. The molecule has 0 unspecified atom stereocenters. The summed E-state index contributed by atoms with van der Waals surface area (Å²) in [6.45, 7) is 7.73. The number of anilines is 2. The molecule has 3 heterocycles. The Morgan fingerprint density at radius 1 is 1.08 bits per heavy atom. The number of nitrogen functional groups attached to an aromatic ring is 1. The third-order valence-electron chi connectivity index (χ3n) is 7.68. The number of piperazine rings is 1. The number of carbonyl (C=O) groups excluding carboxylic acids is 2. The van der Waals surface area contributed by atoms with Crippen LogP contribution in [0.15, 0.2) is 24.3 Å². The van der Waals surface area contributed by atoms with Crippen LogP contribution in [0.3, 0.4) is 0 Å². The van der Waals surface area contributed by atoms with Gasteiger partial charge in [-0.3, -0.25) is 14.5 Å². The Labute approximate surface area is 234 Å². The molecule has 2 aliphatic rings. The number of rotatable bonds is 9. The largest absolute Gasteiger partial charge is 0.382 e. The third-order valence-corrected chi connectivity index (χ3v) is 8.18. The number of Topliss-reactive ketones (excluding diaryl/α,β-unsaturated/α-hetero) is 1. The van der Waals surface area contributed by atoms with Gasteiger partial charge in [0.1, 0.15) is 0 Å². The van der Waals surface area contributed by atoms with E-state index < -0.39 is 5.91 Å². The van der Waals surface area contributed by atoms with Crippen LogP contribution >= 0.6 is 23.2 Å². The summed E-state index contributed by atoms with van der Waals surface area (Å²) in [5, 5.41) is 3.36. The van der Waals surface area contributed by atoms with Crippen molar-refractivity contribution in [3.8, 4) is 0 Å². The summed E-state index contributed by atoms with van der Waals surface area (Å²) in [6, 6.07) is 8.05. The maximum absolute atomic E-state index is 12.4. The van der Waals surface area contributed by atoms with Gasteiger partial charge < -0.3 is 20.9 Å². The van der Waals surface area contributed by atoms with E-state index in [1.165, 1.54) is 7.05 Å². The average Bonchev–Trinajstić information content (AvgIpc) is 2.94. The van der Waals surface area contributed by atoms with Gasteiger partial charge in [-0.1, -0.05) is 30.1 Å². The molecule has 206 valence electrons. The van der Waals surface area contributed by atoms with E-state index >= 15 is 0 Å². The minimum absolute atomic E-state index is 0.0491. The number of nitrogens with two attached hydrogens (primary N) is 1. The van der Waals surface area contributed by atoms with Crippen molar-refractivity contribution in [2.75, 3.05) is 56.9 Å². The summed E-state index contributed by atoms with van der Waals surface area (Å²) < 4.78 is 0. The molecule has 0 bridgehead atoms. The van der Waals surface area contributed by atoms with E-state index in [4.69, 9.17) is 28.9 Å². The number of nitrogens with one attached hydrogen (secondary N) is 1. The Balaban J connectivity index is 1.26. The van der Waals surface area contributed by atoms with E-state index in [0.29, 0.717) is 29.3 Å². The lowest BCUT2D eigenvalue weighted by Gasteiger charge is -2.47. The minimum Gasteiger partial charge on any atom is -0.382 e. The second-order valence-electron chi connectivity index (χ2n) is 10.0. The van der Waals surface area contributed by atoms with Crippen LogP contribution in [0.5, 0.6) is 0 Å². The van der Waals surface area contributed by atoms with Crippen molar-refractivity contribution in [2.24, 2.45) is 0 Å². The number of ketones is 1. The fourth-order valence-corrected chi connectivity index (χ4v) is 5.90. The molecule has 0 spiro atoms. The standard InChI is InChI=1S/C27H37Cl2N7O2/c1-3-20-17-35(26-24(29)32-23(25(30)33-26)27(38)31-2)15-16-36(20)21-10-13-34(14-11-21)12-4-5-22(37)18-6-8-19(28)9-7-18/h6-9,20-21H,3-5,10-17H2,1-2H3,(H2,30,33)(H,31,38)/t20-/m0/s1. The van der Waals surface area contributed by atoms with Crippen molar-refractivity contribution in [2.45, 2.75) is 51.1 Å². The molecule has 1 atom stereocenters. The van der Waals surface area contributed by atoms with E-state index in [2.05, 4.69) is 36.9 Å². The highest BCUT2D eigenvalue weighted by molar-refractivity contribution is 6.32. The molecule has 3 N–H and O–H groups in total. The Bertz CT molecular complexity index is 1120. The van der Waals surface area contributed by atoms with Crippen LogP contribution in [0.4, 0.5) is 11.6 Å². The maximum atomic E-state index is 12.4. The number of benzene rings is 1. The van der Waals surface area contributed by atoms with Gasteiger partial charge in [0.25, 0.3) is 5.91 Å². The smallest absolute Gasteiger partial charge is 0.273 e. The van der Waals surface area contributed by atoms with Gasteiger partial charge in [-0.25, -0.2) is 9.97 Å². The number of amides is 1. The van der Waals surface area contributed by atoms with Crippen LogP contribution in [-0.2, 0) is 0 Å². The maximum Gasteiger partial charge on any atom is 0.273 e. The van der Waals surface area contributed by atoms with Crippen LogP contribution in [0.2, 0.25) is 10.2 Å². The minimum atomic E-state index is -0.404. The molecule has 0 saturated carbocycles. The first-order chi connectivity index (χ1) is 18.3. The fraction of sp³-hybridized carbons (Fsp3) is 0.556. The number of hydrogen-bond acceptors (Lipinski definition) is 8. The number of carbonyl (C=O) groups is 2. The van der Waals surface area contributed by atoms with Crippen LogP contribution in [-0.4, -0.2) is 89.9 Å². The molecule has 2 aliphatic heterocycles. The highest BCUT2D eigenvalue weighted by Crippen LogP contribution is 2.29. The molecule has 38 heavy (non-hydrogen) atoms. The van der Waals surface area contributed by atoms with Crippen LogP contribution in [0.25, 0.3) is 0 Å². The summed E-state index contributed by atoms with van der Waals surface area (Å²) in [5.41, 5.74) is 6.81. The third kappa shape index (κ3) is 6.75. The molecule has 2 fully saturated rings. The van der Waals surface area contributed by atoms with Gasteiger partial charge in [0.05, 0.1) is 0 Å². The number of nitrogens with zero attached hydrogens (tertiary/aromatic N) is 5. The zero-order valence-corrected chi connectivity index (χ0v) is 23.6. The first-order valence-corrected chi connectivity index (χ1v) is 14.1. The molecule has 2 saturated heterocycles. The lowest BCUT2D eigenvalue weighted by molar-refractivity contribution is 0.0624. The number of likely N-dealkylation sites (tertiary alicyclic amines) is 1. The molecule has 4 rings (SSSR count). The molecule has 0 radical (unpaired) electrons. The van der Waals surface area contributed by atoms with Crippen molar-refractivity contribution in [1.29, 1.82) is 0 Å². The molecule has 11 heteroatoms. The van der Waals surface area contributed by atoms with E-state index in [0.717, 1.165) is 70.5 Å². The molecule has 0 aliphatic carbocycles. The van der Waals surface area contributed by atoms with Crippen molar-refractivity contribution in [1.82, 2.24) is 25.1 Å². The lowest BCUT2D eigenvalue weighted by atomic mass is 9.98. The predicted molar refractivity (Wildman–Crippen MR) is 152 cm³/mol. The molecule has 1 amide bonds. The topological polar surface area (TPSA) is 108 Å².